The van der Waals surface area contributed by atoms with Gasteiger partial charge in [0.2, 0.25) is 5.82 Å². The lowest BCUT2D eigenvalue weighted by Gasteiger charge is -2.32. The van der Waals surface area contributed by atoms with Crippen molar-refractivity contribution in [2.75, 3.05) is 25.1 Å². The molecule has 12 heteroatoms. The molecule has 1 N–H and O–H groups in total. The highest BCUT2D eigenvalue weighted by atomic mass is 19.4. The topological polar surface area (TPSA) is 86.8 Å². The van der Waals surface area contributed by atoms with E-state index in [1.54, 1.807) is 19.2 Å². The standard InChI is InChI=1S/C26H27F5N2O5/c1-13-20(17-4-5-18(27)21(28)22(17)37-9-7-34)23(38-25(13,3)26(29,30)31)24(35)33-19-10-16(11-32-14(19)2)15-6-8-36-12-15/h4-5,7,10-11,13,15,20,23H,6,8-9,12H2,1-3H3,(H,33,35)/t13-,15+,20-,23+,25+/m0/s1. The van der Waals surface area contributed by atoms with E-state index in [-0.39, 0.29) is 23.5 Å². The van der Waals surface area contributed by atoms with E-state index in [1.165, 1.54) is 6.92 Å². The van der Waals surface area contributed by atoms with E-state index in [0.29, 0.717) is 18.9 Å². The molecule has 2 aliphatic rings. The number of rotatable bonds is 7. The van der Waals surface area contributed by atoms with Gasteiger partial charge in [0.15, 0.2) is 23.5 Å². The molecule has 38 heavy (non-hydrogen) atoms. The molecule has 3 heterocycles. The number of ether oxygens (including phenoxy) is 3. The van der Waals surface area contributed by atoms with Gasteiger partial charge in [-0.15, -0.1) is 0 Å². The minimum Gasteiger partial charge on any atom is -0.483 e. The number of nitrogens with one attached hydrogen (secondary N) is 1. The Bertz CT molecular complexity index is 1220. The molecule has 5 atom stereocenters. The molecule has 206 valence electrons. The fourth-order valence-electron chi connectivity index (χ4n) is 5.00. The number of alkyl halides is 3. The van der Waals surface area contributed by atoms with Crippen molar-refractivity contribution in [1.29, 1.82) is 0 Å². The quantitative estimate of drug-likeness (QED) is 0.399. The molecule has 7 nitrogen and oxygen atoms in total. The number of aromatic nitrogens is 1. The second-order valence-corrected chi connectivity index (χ2v) is 9.67. The zero-order valence-corrected chi connectivity index (χ0v) is 20.9. The van der Waals surface area contributed by atoms with Crippen molar-refractivity contribution >= 4 is 17.9 Å². The van der Waals surface area contributed by atoms with E-state index in [0.717, 1.165) is 31.0 Å². The summed E-state index contributed by atoms with van der Waals surface area (Å²) in [6.45, 7) is 4.02. The minimum absolute atomic E-state index is 0.0579. The van der Waals surface area contributed by atoms with Crippen LogP contribution in [-0.4, -0.2) is 54.9 Å². The van der Waals surface area contributed by atoms with Gasteiger partial charge in [-0.25, -0.2) is 4.39 Å². The largest absolute Gasteiger partial charge is 0.483 e. The number of aldehydes is 1. The lowest BCUT2D eigenvalue weighted by molar-refractivity contribution is -0.272. The molecule has 2 aliphatic heterocycles. The van der Waals surface area contributed by atoms with Gasteiger partial charge in [0.1, 0.15) is 12.7 Å². The molecular weight excluding hydrogens is 515 g/mol. The lowest BCUT2D eigenvalue weighted by atomic mass is 9.77. The number of anilines is 1. The summed E-state index contributed by atoms with van der Waals surface area (Å²) in [5.74, 6) is -7.25. The Morgan fingerprint density at radius 3 is 2.68 bits per heavy atom. The predicted molar refractivity (Wildman–Crippen MR) is 125 cm³/mol. The summed E-state index contributed by atoms with van der Waals surface area (Å²) in [6.07, 6.45) is -3.97. The smallest absolute Gasteiger partial charge is 0.417 e. The molecule has 2 fully saturated rings. The van der Waals surface area contributed by atoms with Crippen LogP contribution in [0, 0.1) is 24.5 Å². The Morgan fingerprint density at radius 1 is 1.32 bits per heavy atom. The Hall–Kier alpha value is -3.12. The van der Waals surface area contributed by atoms with Crippen molar-refractivity contribution in [2.45, 2.75) is 56.9 Å². The van der Waals surface area contributed by atoms with Crippen molar-refractivity contribution in [3.63, 3.8) is 0 Å². The summed E-state index contributed by atoms with van der Waals surface area (Å²) >= 11 is 0. The summed E-state index contributed by atoms with van der Waals surface area (Å²) in [5, 5.41) is 2.61. The summed E-state index contributed by atoms with van der Waals surface area (Å²) in [5.41, 5.74) is -1.53. The monoisotopic (exact) mass is 542 g/mol. The van der Waals surface area contributed by atoms with Crippen molar-refractivity contribution in [3.05, 3.63) is 52.9 Å². The Kier molecular flexibility index (Phi) is 7.76. The van der Waals surface area contributed by atoms with Crippen LogP contribution in [0.2, 0.25) is 0 Å². The molecule has 2 saturated heterocycles. The van der Waals surface area contributed by atoms with Gasteiger partial charge in [-0.05, 0) is 38.0 Å². The molecule has 0 saturated carbocycles. The molecule has 1 aromatic heterocycles. The fourth-order valence-corrected chi connectivity index (χ4v) is 5.00. The molecule has 0 unspecified atom stereocenters. The highest BCUT2D eigenvalue weighted by molar-refractivity contribution is 5.96. The number of amides is 1. The Morgan fingerprint density at radius 2 is 2.05 bits per heavy atom. The maximum absolute atomic E-state index is 14.7. The fraction of sp³-hybridized carbons (Fsp3) is 0.500. The number of carbonyl (C=O) groups is 2. The highest BCUT2D eigenvalue weighted by Gasteiger charge is 2.66. The first-order valence-corrected chi connectivity index (χ1v) is 12.0. The van der Waals surface area contributed by atoms with Crippen LogP contribution in [0.1, 0.15) is 48.9 Å². The maximum Gasteiger partial charge on any atom is 0.417 e. The lowest BCUT2D eigenvalue weighted by Crippen LogP contribution is -2.47. The van der Waals surface area contributed by atoms with Crippen molar-refractivity contribution in [2.24, 2.45) is 5.92 Å². The van der Waals surface area contributed by atoms with Crippen LogP contribution >= 0.6 is 0 Å². The summed E-state index contributed by atoms with van der Waals surface area (Å²) in [6, 6.07) is 3.45. The van der Waals surface area contributed by atoms with Gasteiger partial charge in [-0.2, -0.15) is 17.6 Å². The van der Waals surface area contributed by atoms with Crippen LogP contribution in [0.4, 0.5) is 27.6 Å². The molecule has 1 amide bonds. The van der Waals surface area contributed by atoms with Gasteiger partial charge < -0.3 is 19.5 Å². The third-order valence-corrected chi connectivity index (χ3v) is 7.43. The SMILES string of the molecule is Cc1ncc([C@@H]2CCOC2)cc1NC(=O)[C@@H]1O[C@@](C)(C(F)(F)F)[C@@H](C)[C@H]1c1ccc(F)c(F)c1OCC=O. The van der Waals surface area contributed by atoms with Gasteiger partial charge in [0.05, 0.1) is 18.0 Å². The molecule has 1 aromatic carbocycles. The molecule has 0 aliphatic carbocycles. The average molecular weight is 543 g/mol. The number of nitrogens with zero attached hydrogens (tertiary/aromatic N) is 1. The zero-order valence-electron chi connectivity index (χ0n) is 20.9. The van der Waals surface area contributed by atoms with Gasteiger partial charge >= 0.3 is 6.18 Å². The van der Waals surface area contributed by atoms with Crippen molar-refractivity contribution in [3.8, 4) is 5.75 Å². The summed E-state index contributed by atoms with van der Waals surface area (Å²) in [7, 11) is 0. The van der Waals surface area contributed by atoms with E-state index < -0.39 is 59.6 Å². The summed E-state index contributed by atoms with van der Waals surface area (Å²) < 4.78 is 87.2. The molecule has 0 spiro atoms. The van der Waals surface area contributed by atoms with E-state index in [1.807, 2.05) is 0 Å². The first-order valence-electron chi connectivity index (χ1n) is 12.0. The first-order chi connectivity index (χ1) is 17.9. The van der Waals surface area contributed by atoms with Crippen LogP contribution < -0.4 is 10.1 Å². The molecular formula is C26H27F5N2O5. The van der Waals surface area contributed by atoms with Gasteiger partial charge in [-0.3, -0.25) is 14.6 Å². The van der Waals surface area contributed by atoms with Crippen molar-refractivity contribution < 1.29 is 45.8 Å². The highest BCUT2D eigenvalue weighted by Crippen LogP contribution is 2.55. The normalized spacial score (nSPS) is 27.4. The van der Waals surface area contributed by atoms with Crippen LogP contribution in [0.25, 0.3) is 0 Å². The number of halogens is 5. The second-order valence-electron chi connectivity index (χ2n) is 9.67. The Balaban J connectivity index is 1.75. The third-order valence-electron chi connectivity index (χ3n) is 7.43. The Labute approximate surface area is 215 Å². The van der Waals surface area contributed by atoms with Crippen LogP contribution in [-0.2, 0) is 19.1 Å². The first kappa shape index (κ1) is 27.9. The number of hydrogen-bond donors (Lipinski definition) is 1. The number of pyridine rings is 1. The van der Waals surface area contributed by atoms with Gasteiger partial charge in [0.25, 0.3) is 5.91 Å². The molecule has 0 bridgehead atoms. The van der Waals surface area contributed by atoms with Crippen LogP contribution in [0.15, 0.2) is 24.4 Å². The summed E-state index contributed by atoms with van der Waals surface area (Å²) in [4.78, 5) is 28.6. The zero-order chi connectivity index (χ0) is 27.8. The third kappa shape index (κ3) is 4.98. The van der Waals surface area contributed by atoms with Gasteiger partial charge in [0, 0.05) is 36.1 Å². The average Bonchev–Trinajstić information content (AvgIpc) is 3.49. The van der Waals surface area contributed by atoms with Crippen molar-refractivity contribution in [1.82, 2.24) is 4.98 Å². The number of carbonyl (C=O) groups excluding carboxylic acids is 2. The van der Waals surface area contributed by atoms with E-state index in [2.05, 4.69) is 10.3 Å². The van der Waals surface area contributed by atoms with Gasteiger partial charge in [-0.1, -0.05) is 13.0 Å². The predicted octanol–water partition coefficient (Wildman–Crippen LogP) is 4.83. The minimum atomic E-state index is -4.90. The second kappa shape index (κ2) is 10.6. The van der Waals surface area contributed by atoms with E-state index >= 15 is 0 Å². The molecule has 4 rings (SSSR count). The number of aryl methyl sites for hydroxylation is 1. The van der Waals surface area contributed by atoms with Crippen LogP contribution in [0.5, 0.6) is 5.75 Å². The number of hydrogen-bond acceptors (Lipinski definition) is 6. The van der Waals surface area contributed by atoms with E-state index in [4.69, 9.17) is 14.2 Å². The molecule has 0 radical (unpaired) electrons. The molecule has 2 aromatic rings. The maximum atomic E-state index is 14.7. The van der Waals surface area contributed by atoms with Crippen LogP contribution in [0.3, 0.4) is 0 Å². The van der Waals surface area contributed by atoms with E-state index in [9.17, 15) is 31.5 Å². The number of benzene rings is 1.